The van der Waals surface area contributed by atoms with Gasteiger partial charge in [0.2, 0.25) is 0 Å². The van der Waals surface area contributed by atoms with Crippen molar-refractivity contribution < 1.29 is 28.2 Å². The van der Waals surface area contributed by atoms with Crippen LogP contribution in [-0.4, -0.2) is 53.0 Å². The summed E-state index contributed by atoms with van der Waals surface area (Å²) in [5, 5.41) is 17.5. The second-order valence-corrected chi connectivity index (χ2v) is 4.76. The largest absolute Gasteiger partial charge is 0.481 e. The van der Waals surface area contributed by atoms with E-state index in [2.05, 4.69) is 0 Å². The second kappa shape index (κ2) is 6.38. The lowest BCUT2D eigenvalue weighted by molar-refractivity contribution is -0.209. The third-order valence-electron chi connectivity index (χ3n) is 3.18. The van der Waals surface area contributed by atoms with Gasteiger partial charge in [0.15, 0.2) is 6.10 Å². The molecule has 0 radical (unpaired) electrons. The summed E-state index contributed by atoms with van der Waals surface area (Å²) in [4.78, 5) is 12.0. The minimum atomic E-state index is -4.59. The van der Waals surface area contributed by atoms with Crippen LogP contribution >= 0.6 is 0 Å². The van der Waals surface area contributed by atoms with E-state index in [0.29, 0.717) is 19.5 Å². The molecule has 0 aromatic carbocycles. The molecule has 0 aliphatic carbocycles. The number of likely N-dealkylation sites (tertiary alicyclic amines) is 1. The zero-order valence-electron chi connectivity index (χ0n) is 9.99. The highest BCUT2D eigenvalue weighted by Crippen LogP contribution is 2.25. The average Bonchev–Trinajstić information content (AvgIpc) is 2.25. The van der Waals surface area contributed by atoms with Gasteiger partial charge in [-0.3, -0.25) is 4.79 Å². The first-order valence-electron chi connectivity index (χ1n) is 5.98. The third-order valence-corrected chi connectivity index (χ3v) is 3.18. The van der Waals surface area contributed by atoms with Gasteiger partial charge in [0.1, 0.15) is 0 Å². The average molecular weight is 269 g/mol. The molecule has 0 spiro atoms. The molecule has 2 atom stereocenters. The molecule has 1 saturated heterocycles. The summed E-state index contributed by atoms with van der Waals surface area (Å²) in [5.74, 6) is -0.780. The number of rotatable bonds is 5. The highest BCUT2D eigenvalue weighted by atomic mass is 19.4. The molecule has 4 nitrogen and oxygen atoms in total. The smallest absolute Gasteiger partial charge is 0.415 e. The normalized spacial score (nSPS) is 23.9. The molecule has 0 aromatic heterocycles. The number of hydrogen-bond donors (Lipinski definition) is 2. The van der Waals surface area contributed by atoms with E-state index in [0.717, 1.165) is 12.8 Å². The van der Waals surface area contributed by atoms with E-state index < -0.39 is 24.8 Å². The molecule has 18 heavy (non-hydrogen) atoms. The highest BCUT2D eigenvalue weighted by Gasteiger charge is 2.39. The zero-order valence-corrected chi connectivity index (χ0v) is 9.99. The van der Waals surface area contributed by atoms with Crippen molar-refractivity contribution in [2.45, 2.75) is 38.0 Å². The van der Waals surface area contributed by atoms with Crippen LogP contribution in [0.1, 0.15) is 25.7 Å². The third kappa shape index (κ3) is 5.22. The van der Waals surface area contributed by atoms with Crippen LogP contribution in [0.3, 0.4) is 0 Å². The molecule has 1 aliphatic heterocycles. The molecule has 7 heteroatoms. The van der Waals surface area contributed by atoms with E-state index in [1.54, 1.807) is 4.90 Å². The molecule has 2 unspecified atom stereocenters. The van der Waals surface area contributed by atoms with Crippen molar-refractivity contribution in [1.29, 1.82) is 0 Å². The Kier molecular flexibility index (Phi) is 5.40. The van der Waals surface area contributed by atoms with Crippen molar-refractivity contribution in [1.82, 2.24) is 4.90 Å². The topological polar surface area (TPSA) is 60.8 Å². The van der Waals surface area contributed by atoms with E-state index >= 15 is 0 Å². The van der Waals surface area contributed by atoms with Crippen molar-refractivity contribution in [2.24, 2.45) is 5.92 Å². The fourth-order valence-corrected chi connectivity index (χ4v) is 2.23. The number of β-amino-alcohol motifs (C(OH)–C–C–N with tert-alkyl or cyclic N) is 1. The highest BCUT2D eigenvalue weighted by molar-refractivity contribution is 5.66. The molecule has 0 saturated carbocycles. The summed E-state index contributed by atoms with van der Waals surface area (Å²) < 4.78 is 36.6. The van der Waals surface area contributed by atoms with Crippen molar-refractivity contribution in [2.75, 3.05) is 19.6 Å². The first kappa shape index (κ1) is 15.2. The maximum absolute atomic E-state index is 12.2. The second-order valence-electron chi connectivity index (χ2n) is 4.76. The Hall–Kier alpha value is -0.820. The number of piperidine rings is 1. The summed E-state index contributed by atoms with van der Waals surface area (Å²) in [5.41, 5.74) is 0. The Morgan fingerprint density at radius 2 is 2.11 bits per heavy atom. The number of carboxylic acid groups (broad SMARTS) is 1. The van der Waals surface area contributed by atoms with Gasteiger partial charge in [-0.1, -0.05) is 0 Å². The first-order chi connectivity index (χ1) is 8.29. The molecular weight excluding hydrogens is 251 g/mol. The molecule has 2 N–H and O–H groups in total. The number of aliphatic hydroxyl groups excluding tert-OH is 1. The number of aliphatic carboxylic acids is 1. The molecule has 1 heterocycles. The fourth-order valence-electron chi connectivity index (χ4n) is 2.23. The summed E-state index contributed by atoms with van der Waals surface area (Å²) in [7, 11) is 0. The Morgan fingerprint density at radius 3 is 2.67 bits per heavy atom. The fraction of sp³-hybridized carbons (Fsp3) is 0.909. The van der Waals surface area contributed by atoms with E-state index in [1.807, 2.05) is 0 Å². The maximum atomic E-state index is 12.2. The predicted octanol–water partition coefficient (Wildman–Crippen LogP) is 1.49. The molecule has 0 aromatic rings. The number of alkyl halides is 3. The van der Waals surface area contributed by atoms with Gasteiger partial charge >= 0.3 is 12.1 Å². The zero-order chi connectivity index (χ0) is 13.8. The quantitative estimate of drug-likeness (QED) is 0.793. The Labute approximate surface area is 103 Å². The van der Waals surface area contributed by atoms with Gasteiger partial charge in [-0.25, -0.2) is 0 Å². The Morgan fingerprint density at radius 1 is 1.44 bits per heavy atom. The van der Waals surface area contributed by atoms with Crippen LogP contribution in [0.4, 0.5) is 13.2 Å². The van der Waals surface area contributed by atoms with Crippen LogP contribution in [-0.2, 0) is 4.79 Å². The summed E-state index contributed by atoms with van der Waals surface area (Å²) in [6.45, 7) is 0.532. The lowest BCUT2D eigenvalue weighted by Crippen LogP contribution is -2.45. The van der Waals surface area contributed by atoms with Gasteiger partial charge in [-0.2, -0.15) is 13.2 Å². The van der Waals surface area contributed by atoms with Gasteiger partial charge in [0.25, 0.3) is 0 Å². The first-order valence-corrected chi connectivity index (χ1v) is 5.98. The van der Waals surface area contributed by atoms with Crippen LogP contribution in [0.2, 0.25) is 0 Å². The molecule has 0 bridgehead atoms. The predicted molar refractivity (Wildman–Crippen MR) is 58.1 cm³/mol. The Balaban J connectivity index is 2.37. The number of carbonyl (C=O) groups is 1. The van der Waals surface area contributed by atoms with Crippen LogP contribution < -0.4 is 0 Å². The number of hydrogen-bond acceptors (Lipinski definition) is 3. The van der Waals surface area contributed by atoms with Gasteiger partial charge < -0.3 is 15.1 Å². The summed E-state index contributed by atoms with van der Waals surface area (Å²) >= 11 is 0. The van der Waals surface area contributed by atoms with E-state index in [4.69, 9.17) is 10.2 Å². The van der Waals surface area contributed by atoms with Crippen molar-refractivity contribution in [3.05, 3.63) is 0 Å². The molecule has 106 valence electrons. The standard InChI is InChI=1S/C11H18F3NO3/c12-11(13,14)9(16)7-15-5-1-2-8(6-15)3-4-10(17)18/h8-9,16H,1-7H2,(H,17,18). The number of carboxylic acids is 1. The van der Waals surface area contributed by atoms with Crippen molar-refractivity contribution in [3.63, 3.8) is 0 Å². The van der Waals surface area contributed by atoms with E-state index in [1.165, 1.54) is 0 Å². The van der Waals surface area contributed by atoms with Crippen molar-refractivity contribution >= 4 is 5.97 Å². The van der Waals surface area contributed by atoms with Gasteiger partial charge in [-0.15, -0.1) is 0 Å². The monoisotopic (exact) mass is 269 g/mol. The Bertz CT molecular complexity index is 283. The maximum Gasteiger partial charge on any atom is 0.415 e. The van der Waals surface area contributed by atoms with Crippen LogP contribution in [0.15, 0.2) is 0 Å². The van der Waals surface area contributed by atoms with Gasteiger partial charge in [0, 0.05) is 19.5 Å². The number of aliphatic hydroxyl groups is 1. The van der Waals surface area contributed by atoms with Crippen LogP contribution in [0, 0.1) is 5.92 Å². The number of halogens is 3. The minimum absolute atomic E-state index is 0.0420. The summed E-state index contributed by atoms with van der Waals surface area (Å²) in [6, 6.07) is 0. The SMILES string of the molecule is O=C(O)CCC1CCCN(CC(O)C(F)(F)F)C1. The van der Waals surface area contributed by atoms with Crippen molar-refractivity contribution in [3.8, 4) is 0 Å². The van der Waals surface area contributed by atoms with Crippen LogP contribution in [0.5, 0.6) is 0 Å². The molecule has 1 fully saturated rings. The summed E-state index contributed by atoms with van der Waals surface area (Å²) in [6.07, 6.45) is -4.81. The minimum Gasteiger partial charge on any atom is -0.481 e. The lowest BCUT2D eigenvalue weighted by atomic mass is 9.93. The van der Waals surface area contributed by atoms with E-state index in [9.17, 15) is 18.0 Å². The molecular formula is C11H18F3NO3. The molecule has 1 rings (SSSR count). The van der Waals surface area contributed by atoms with E-state index in [-0.39, 0.29) is 12.3 Å². The lowest BCUT2D eigenvalue weighted by Gasteiger charge is -2.34. The van der Waals surface area contributed by atoms with Gasteiger partial charge in [0.05, 0.1) is 0 Å². The van der Waals surface area contributed by atoms with Gasteiger partial charge in [-0.05, 0) is 31.7 Å². The molecule has 0 amide bonds. The van der Waals surface area contributed by atoms with Crippen LogP contribution in [0.25, 0.3) is 0 Å². The number of nitrogens with zero attached hydrogens (tertiary/aromatic N) is 1. The molecule has 1 aliphatic rings.